The standard InChI is InChI=1S/C14H21NO3/c1-3-7-18-13-6-4-5-11(8-13)12(10-15)9-14(16)17-2/h4-6,8,12H,3,7,9-10,15H2,1-2H3. The van der Waals surface area contributed by atoms with Crippen molar-refractivity contribution in [1.82, 2.24) is 0 Å². The summed E-state index contributed by atoms with van der Waals surface area (Å²) in [7, 11) is 1.39. The van der Waals surface area contributed by atoms with Crippen LogP contribution in [-0.4, -0.2) is 26.2 Å². The number of benzene rings is 1. The zero-order chi connectivity index (χ0) is 13.4. The number of ether oxygens (including phenoxy) is 2. The molecule has 1 atom stereocenters. The summed E-state index contributed by atoms with van der Waals surface area (Å²) >= 11 is 0. The zero-order valence-electron chi connectivity index (χ0n) is 11.0. The van der Waals surface area contributed by atoms with Gasteiger partial charge in [0.05, 0.1) is 20.1 Å². The van der Waals surface area contributed by atoms with E-state index in [1.54, 1.807) is 0 Å². The van der Waals surface area contributed by atoms with Gasteiger partial charge >= 0.3 is 5.97 Å². The highest BCUT2D eigenvalue weighted by Crippen LogP contribution is 2.23. The van der Waals surface area contributed by atoms with E-state index in [-0.39, 0.29) is 11.9 Å². The fraction of sp³-hybridized carbons (Fsp3) is 0.500. The third kappa shape index (κ3) is 4.37. The molecule has 0 aliphatic heterocycles. The number of carbonyl (C=O) groups excluding carboxylic acids is 1. The molecular weight excluding hydrogens is 230 g/mol. The van der Waals surface area contributed by atoms with Gasteiger partial charge in [0.15, 0.2) is 0 Å². The molecule has 0 saturated heterocycles. The Labute approximate surface area is 108 Å². The van der Waals surface area contributed by atoms with Crippen molar-refractivity contribution in [3.8, 4) is 5.75 Å². The Morgan fingerprint density at radius 3 is 2.83 bits per heavy atom. The number of methoxy groups -OCH3 is 1. The van der Waals surface area contributed by atoms with E-state index in [1.807, 2.05) is 24.3 Å². The van der Waals surface area contributed by atoms with Gasteiger partial charge in [0.2, 0.25) is 0 Å². The van der Waals surface area contributed by atoms with Crippen LogP contribution in [0.15, 0.2) is 24.3 Å². The van der Waals surface area contributed by atoms with Gasteiger partial charge in [0.25, 0.3) is 0 Å². The second kappa shape index (κ2) is 7.71. The molecule has 0 fully saturated rings. The van der Waals surface area contributed by atoms with Crippen LogP contribution in [0.5, 0.6) is 5.75 Å². The summed E-state index contributed by atoms with van der Waals surface area (Å²) in [5.41, 5.74) is 6.72. The Hall–Kier alpha value is -1.55. The van der Waals surface area contributed by atoms with Crippen molar-refractivity contribution < 1.29 is 14.3 Å². The molecule has 0 heterocycles. The zero-order valence-corrected chi connectivity index (χ0v) is 11.0. The predicted octanol–water partition coefficient (Wildman–Crippen LogP) is 2.08. The highest BCUT2D eigenvalue weighted by Gasteiger charge is 2.15. The fourth-order valence-corrected chi connectivity index (χ4v) is 1.70. The molecule has 0 saturated carbocycles. The average molecular weight is 251 g/mol. The van der Waals surface area contributed by atoms with E-state index >= 15 is 0 Å². The summed E-state index contributed by atoms with van der Waals surface area (Å²) < 4.78 is 10.2. The molecule has 0 bridgehead atoms. The Bertz CT molecular complexity index is 379. The lowest BCUT2D eigenvalue weighted by molar-refractivity contribution is -0.141. The minimum Gasteiger partial charge on any atom is -0.494 e. The van der Waals surface area contributed by atoms with E-state index in [2.05, 4.69) is 11.7 Å². The molecule has 100 valence electrons. The van der Waals surface area contributed by atoms with E-state index in [4.69, 9.17) is 10.5 Å². The summed E-state index contributed by atoms with van der Waals surface area (Å²) in [4.78, 5) is 11.3. The molecule has 1 rings (SSSR count). The van der Waals surface area contributed by atoms with Gasteiger partial charge < -0.3 is 15.2 Å². The summed E-state index contributed by atoms with van der Waals surface area (Å²) in [5.74, 6) is 0.547. The maximum absolute atomic E-state index is 11.3. The van der Waals surface area contributed by atoms with Gasteiger partial charge in [0, 0.05) is 5.92 Å². The molecule has 18 heavy (non-hydrogen) atoms. The van der Waals surface area contributed by atoms with Crippen LogP contribution >= 0.6 is 0 Å². The molecule has 0 aromatic heterocycles. The van der Waals surface area contributed by atoms with Crippen LogP contribution in [0.4, 0.5) is 0 Å². The Morgan fingerprint density at radius 1 is 1.44 bits per heavy atom. The maximum Gasteiger partial charge on any atom is 0.306 e. The topological polar surface area (TPSA) is 61.5 Å². The van der Waals surface area contributed by atoms with Crippen LogP contribution in [0.3, 0.4) is 0 Å². The van der Waals surface area contributed by atoms with Gasteiger partial charge in [0.1, 0.15) is 5.75 Å². The summed E-state index contributed by atoms with van der Waals surface area (Å²) in [6.45, 7) is 3.16. The van der Waals surface area contributed by atoms with E-state index in [9.17, 15) is 4.79 Å². The molecule has 0 radical (unpaired) electrons. The number of rotatable bonds is 7. The summed E-state index contributed by atoms with van der Waals surface area (Å²) in [6, 6.07) is 7.72. The Kier molecular flexibility index (Phi) is 6.22. The van der Waals surface area contributed by atoms with Gasteiger partial charge in [-0.3, -0.25) is 4.79 Å². The Morgan fingerprint density at radius 2 is 2.22 bits per heavy atom. The largest absolute Gasteiger partial charge is 0.494 e. The second-order valence-corrected chi connectivity index (χ2v) is 4.13. The molecular formula is C14H21NO3. The molecule has 0 spiro atoms. The molecule has 4 nitrogen and oxygen atoms in total. The minimum absolute atomic E-state index is 0.0253. The SMILES string of the molecule is CCCOc1cccc(C(CN)CC(=O)OC)c1. The maximum atomic E-state index is 11.3. The van der Waals surface area contributed by atoms with Crippen molar-refractivity contribution in [2.24, 2.45) is 5.73 Å². The first-order chi connectivity index (χ1) is 8.71. The highest BCUT2D eigenvalue weighted by atomic mass is 16.5. The predicted molar refractivity (Wildman–Crippen MR) is 70.7 cm³/mol. The normalized spacial score (nSPS) is 11.9. The van der Waals surface area contributed by atoms with E-state index < -0.39 is 0 Å². The second-order valence-electron chi connectivity index (χ2n) is 4.13. The van der Waals surface area contributed by atoms with Crippen LogP contribution in [0, 0.1) is 0 Å². The summed E-state index contributed by atoms with van der Waals surface area (Å²) in [6.07, 6.45) is 1.26. The van der Waals surface area contributed by atoms with Crippen LogP contribution in [-0.2, 0) is 9.53 Å². The molecule has 0 aliphatic carbocycles. The van der Waals surface area contributed by atoms with Gasteiger partial charge in [-0.25, -0.2) is 0 Å². The number of nitrogens with two attached hydrogens (primary N) is 1. The summed E-state index contributed by atoms with van der Waals surface area (Å²) in [5, 5.41) is 0. The first-order valence-corrected chi connectivity index (χ1v) is 6.20. The molecule has 0 aliphatic rings. The van der Waals surface area contributed by atoms with Crippen LogP contribution in [0.1, 0.15) is 31.2 Å². The molecule has 1 unspecified atom stereocenters. The first-order valence-electron chi connectivity index (χ1n) is 6.20. The van der Waals surface area contributed by atoms with Crippen molar-refractivity contribution >= 4 is 5.97 Å². The lowest BCUT2D eigenvalue weighted by Gasteiger charge is -2.15. The fourth-order valence-electron chi connectivity index (χ4n) is 1.70. The van der Waals surface area contributed by atoms with Crippen molar-refractivity contribution in [3.05, 3.63) is 29.8 Å². The smallest absolute Gasteiger partial charge is 0.306 e. The van der Waals surface area contributed by atoms with Gasteiger partial charge in [-0.15, -0.1) is 0 Å². The number of esters is 1. The molecule has 1 aromatic rings. The lowest BCUT2D eigenvalue weighted by atomic mass is 9.96. The number of carbonyl (C=O) groups is 1. The molecule has 2 N–H and O–H groups in total. The van der Waals surface area contributed by atoms with E-state index in [1.165, 1.54) is 7.11 Å². The van der Waals surface area contributed by atoms with E-state index in [0.29, 0.717) is 19.6 Å². The minimum atomic E-state index is -0.245. The van der Waals surface area contributed by atoms with Crippen LogP contribution in [0.2, 0.25) is 0 Å². The monoisotopic (exact) mass is 251 g/mol. The van der Waals surface area contributed by atoms with E-state index in [0.717, 1.165) is 17.7 Å². The Balaban J connectivity index is 2.75. The van der Waals surface area contributed by atoms with Crippen LogP contribution < -0.4 is 10.5 Å². The van der Waals surface area contributed by atoms with Gasteiger partial charge in [-0.2, -0.15) is 0 Å². The average Bonchev–Trinajstić information content (AvgIpc) is 2.42. The molecule has 1 aromatic carbocycles. The molecule has 4 heteroatoms. The van der Waals surface area contributed by atoms with Gasteiger partial charge in [-0.05, 0) is 30.7 Å². The third-order valence-corrected chi connectivity index (χ3v) is 2.73. The molecule has 0 amide bonds. The van der Waals surface area contributed by atoms with Crippen molar-refractivity contribution in [2.45, 2.75) is 25.7 Å². The first kappa shape index (κ1) is 14.5. The quantitative estimate of drug-likeness (QED) is 0.754. The van der Waals surface area contributed by atoms with Crippen LogP contribution in [0.25, 0.3) is 0 Å². The number of hydrogen-bond donors (Lipinski definition) is 1. The third-order valence-electron chi connectivity index (χ3n) is 2.73. The lowest BCUT2D eigenvalue weighted by Crippen LogP contribution is -2.17. The number of hydrogen-bond acceptors (Lipinski definition) is 4. The highest BCUT2D eigenvalue weighted by molar-refractivity contribution is 5.70. The van der Waals surface area contributed by atoms with Gasteiger partial charge in [-0.1, -0.05) is 19.1 Å². The van der Waals surface area contributed by atoms with Crippen molar-refractivity contribution in [2.75, 3.05) is 20.3 Å². The van der Waals surface area contributed by atoms with Crippen molar-refractivity contribution in [3.63, 3.8) is 0 Å². The van der Waals surface area contributed by atoms with Crippen molar-refractivity contribution in [1.29, 1.82) is 0 Å².